The molecule has 0 aromatic heterocycles. The number of nitrogens with zero attached hydrogens (tertiary/aromatic N) is 1. The Morgan fingerprint density at radius 1 is 1.09 bits per heavy atom. The molecule has 0 atom stereocenters. The number of likely N-dealkylation sites (N-methyl/N-ethyl adjacent to an activating group) is 1. The third kappa shape index (κ3) is 3.02. The molecule has 1 aliphatic rings. The van der Waals surface area contributed by atoms with Crippen LogP contribution in [-0.4, -0.2) is 43.2 Å². The van der Waals surface area contributed by atoms with Crippen molar-refractivity contribution < 1.29 is 19.2 Å². The van der Waals surface area contributed by atoms with Crippen LogP contribution >= 0.6 is 0 Å². The molecule has 0 fully saturated rings. The molecule has 4 nitrogen and oxygen atoms in total. The second kappa shape index (κ2) is 6.32. The number of hydrogen-bond acceptors (Lipinski definition) is 3. The van der Waals surface area contributed by atoms with E-state index in [-0.39, 0.29) is 5.75 Å². The van der Waals surface area contributed by atoms with Crippen LogP contribution < -0.4 is 9.47 Å². The predicted molar refractivity (Wildman–Crippen MR) is 90.2 cm³/mol. The van der Waals surface area contributed by atoms with Gasteiger partial charge in [-0.15, -0.1) is 0 Å². The summed E-state index contributed by atoms with van der Waals surface area (Å²) in [4.78, 5) is 0. The SMILES string of the molecule is COc1ccc(CC2=[N+](C)CCc3cc(OC)c(O)cc32)cc1. The molecule has 0 bridgehead atoms. The molecule has 23 heavy (non-hydrogen) atoms. The Kier molecular flexibility index (Phi) is 4.24. The summed E-state index contributed by atoms with van der Waals surface area (Å²) in [6, 6.07) is 11.9. The van der Waals surface area contributed by atoms with Crippen LogP contribution in [-0.2, 0) is 12.8 Å². The van der Waals surface area contributed by atoms with Crippen LogP contribution in [0.2, 0.25) is 0 Å². The Balaban J connectivity index is 1.97. The van der Waals surface area contributed by atoms with Crippen molar-refractivity contribution in [3.05, 3.63) is 53.1 Å². The number of aromatic hydroxyl groups is 1. The van der Waals surface area contributed by atoms with E-state index in [0.717, 1.165) is 30.7 Å². The van der Waals surface area contributed by atoms with E-state index < -0.39 is 0 Å². The maximum absolute atomic E-state index is 10.1. The van der Waals surface area contributed by atoms with Crippen molar-refractivity contribution in [2.24, 2.45) is 0 Å². The van der Waals surface area contributed by atoms with E-state index in [0.29, 0.717) is 5.75 Å². The molecule has 0 aliphatic carbocycles. The lowest BCUT2D eigenvalue weighted by Crippen LogP contribution is -2.28. The Labute approximate surface area is 136 Å². The van der Waals surface area contributed by atoms with Crippen molar-refractivity contribution in [2.75, 3.05) is 27.8 Å². The number of methoxy groups -OCH3 is 2. The fraction of sp³-hybridized carbons (Fsp3) is 0.316. The van der Waals surface area contributed by atoms with E-state index >= 15 is 0 Å². The Hall–Kier alpha value is -2.49. The molecule has 0 saturated heterocycles. The molecule has 1 N–H and O–H groups in total. The highest BCUT2D eigenvalue weighted by Gasteiger charge is 2.25. The Bertz CT molecular complexity index is 748. The van der Waals surface area contributed by atoms with Crippen LogP contribution in [0.3, 0.4) is 0 Å². The van der Waals surface area contributed by atoms with E-state index in [1.54, 1.807) is 14.2 Å². The summed E-state index contributed by atoms with van der Waals surface area (Å²) in [5, 5.41) is 10.1. The number of benzene rings is 2. The summed E-state index contributed by atoms with van der Waals surface area (Å²) >= 11 is 0. The lowest BCUT2D eigenvalue weighted by Gasteiger charge is -2.18. The third-order valence-corrected chi connectivity index (χ3v) is 4.42. The van der Waals surface area contributed by atoms with Crippen molar-refractivity contribution in [1.82, 2.24) is 0 Å². The number of phenols is 1. The number of rotatable bonds is 4. The van der Waals surface area contributed by atoms with E-state index in [2.05, 4.69) is 23.8 Å². The molecule has 2 aromatic carbocycles. The molecule has 0 radical (unpaired) electrons. The summed E-state index contributed by atoms with van der Waals surface area (Å²) in [5.41, 5.74) is 4.76. The van der Waals surface area contributed by atoms with Crippen LogP contribution in [0, 0.1) is 0 Å². The third-order valence-electron chi connectivity index (χ3n) is 4.42. The van der Waals surface area contributed by atoms with Gasteiger partial charge in [-0.05, 0) is 35.4 Å². The molecule has 0 spiro atoms. The van der Waals surface area contributed by atoms with E-state index in [9.17, 15) is 5.11 Å². The maximum atomic E-state index is 10.1. The van der Waals surface area contributed by atoms with Crippen molar-refractivity contribution in [3.63, 3.8) is 0 Å². The van der Waals surface area contributed by atoms with Crippen LogP contribution in [0.1, 0.15) is 16.7 Å². The molecule has 0 saturated carbocycles. The normalized spacial score (nSPS) is 13.7. The first kappa shape index (κ1) is 15.4. The summed E-state index contributed by atoms with van der Waals surface area (Å²) < 4.78 is 12.7. The van der Waals surface area contributed by atoms with Gasteiger partial charge < -0.3 is 14.6 Å². The van der Waals surface area contributed by atoms with Crippen molar-refractivity contribution in [3.8, 4) is 17.2 Å². The molecule has 0 amide bonds. The second-order valence-electron chi connectivity index (χ2n) is 5.82. The van der Waals surface area contributed by atoms with Crippen LogP contribution in [0.25, 0.3) is 0 Å². The van der Waals surface area contributed by atoms with Gasteiger partial charge >= 0.3 is 0 Å². The summed E-state index contributed by atoms with van der Waals surface area (Å²) in [6.45, 7) is 0.965. The number of fused-ring (bicyclic) bond motifs is 1. The van der Waals surface area contributed by atoms with Crippen molar-refractivity contribution in [2.45, 2.75) is 12.8 Å². The number of hydrogen-bond donors (Lipinski definition) is 1. The zero-order valence-electron chi connectivity index (χ0n) is 13.8. The molecule has 1 heterocycles. The van der Waals surface area contributed by atoms with Crippen LogP contribution in [0.5, 0.6) is 17.2 Å². The minimum absolute atomic E-state index is 0.189. The van der Waals surface area contributed by atoms with Gasteiger partial charge in [-0.1, -0.05) is 12.1 Å². The standard InChI is InChI=1S/C19H21NO3/c1-20-9-8-14-11-19(23-3)18(21)12-16(14)17(20)10-13-4-6-15(22-2)7-5-13/h4-7,11-12H,8-10H2,1-3H3/p+1. The smallest absolute Gasteiger partial charge is 0.187 e. The largest absolute Gasteiger partial charge is 0.504 e. The zero-order chi connectivity index (χ0) is 16.4. The van der Waals surface area contributed by atoms with Crippen LogP contribution in [0.15, 0.2) is 36.4 Å². The molecule has 0 unspecified atom stereocenters. The molecular formula is C19H22NO3+. The monoisotopic (exact) mass is 312 g/mol. The Morgan fingerprint density at radius 2 is 1.83 bits per heavy atom. The molecular weight excluding hydrogens is 290 g/mol. The van der Waals surface area contributed by atoms with Gasteiger partial charge in [-0.2, -0.15) is 0 Å². The minimum atomic E-state index is 0.189. The maximum Gasteiger partial charge on any atom is 0.187 e. The van der Waals surface area contributed by atoms with Crippen molar-refractivity contribution in [1.29, 1.82) is 0 Å². The lowest BCUT2D eigenvalue weighted by molar-refractivity contribution is -0.498. The highest BCUT2D eigenvalue weighted by Crippen LogP contribution is 2.32. The topological polar surface area (TPSA) is 41.7 Å². The van der Waals surface area contributed by atoms with Gasteiger partial charge in [-0.3, -0.25) is 0 Å². The van der Waals surface area contributed by atoms with Crippen LogP contribution in [0.4, 0.5) is 0 Å². The second-order valence-corrected chi connectivity index (χ2v) is 5.82. The average molecular weight is 312 g/mol. The van der Waals surface area contributed by atoms with E-state index in [4.69, 9.17) is 9.47 Å². The quantitative estimate of drug-likeness (QED) is 0.883. The zero-order valence-corrected chi connectivity index (χ0v) is 13.8. The summed E-state index contributed by atoms with van der Waals surface area (Å²) in [6.07, 6.45) is 1.77. The highest BCUT2D eigenvalue weighted by atomic mass is 16.5. The molecule has 4 heteroatoms. The van der Waals surface area contributed by atoms with Gasteiger partial charge in [0.15, 0.2) is 17.2 Å². The fourth-order valence-corrected chi connectivity index (χ4v) is 3.05. The van der Waals surface area contributed by atoms with Gasteiger partial charge in [0.1, 0.15) is 19.3 Å². The van der Waals surface area contributed by atoms with Gasteiger partial charge in [0.25, 0.3) is 0 Å². The first-order valence-corrected chi connectivity index (χ1v) is 7.72. The summed E-state index contributed by atoms with van der Waals surface area (Å²) in [5.74, 6) is 1.59. The number of ether oxygens (including phenoxy) is 2. The molecule has 3 rings (SSSR count). The molecule has 1 aliphatic heterocycles. The number of phenolic OH excluding ortho intramolecular Hbond substituents is 1. The highest BCUT2D eigenvalue weighted by molar-refractivity contribution is 6.00. The molecule has 2 aromatic rings. The van der Waals surface area contributed by atoms with Gasteiger partial charge in [-0.25, -0.2) is 4.58 Å². The Morgan fingerprint density at radius 3 is 2.48 bits per heavy atom. The van der Waals surface area contributed by atoms with Gasteiger partial charge in [0, 0.05) is 12.0 Å². The van der Waals surface area contributed by atoms with Gasteiger partial charge in [0.05, 0.1) is 20.6 Å². The minimum Gasteiger partial charge on any atom is -0.504 e. The van der Waals surface area contributed by atoms with Gasteiger partial charge in [0.2, 0.25) is 0 Å². The summed E-state index contributed by atoms with van der Waals surface area (Å²) in [7, 11) is 5.35. The van der Waals surface area contributed by atoms with E-state index in [1.807, 2.05) is 24.3 Å². The lowest BCUT2D eigenvalue weighted by atomic mass is 9.92. The fourth-order valence-electron chi connectivity index (χ4n) is 3.05. The van der Waals surface area contributed by atoms with Crippen molar-refractivity contribution >= 4 is 5.71 Å². The average Bonchev–Trinajstić information content (AvgIpc) is 2.58. The molecule has 120 valence electrons. The first-order chi connectivity index (χ1) is 11.1. The predicted octanol–water partition coefficient (Wildman–Crippen LogP) is 2.64. The first-order valence-electron chi connectivity index (χ1n) is 7.72. The van der Waals surface area contributed by atoms with E-state index in [1.165, 1.54) is 16.8 Å².